The van der Waals surface area contributed by atoms with Crippen LogP contribution in [0.25, 0.3) is 0 Å². The van der Waals surface area contributed by atoms with Crippen molar-refractivity contribution in [1.82, 2.24) is 5.32 Å². The Morgan fingerprint density at radius 2 is 2.06 bits per heavy atom. The van der Waals surface area contributed by atoms with Crippen LogP contribution < -0.4 is 10.1 Å². The van der Waals surface area contributed by atoms with Gasteiger partial charge in [0.15, 0.2) is 0 Å². The van der Waals surface area contributed by atoms with Gasteiger partial charge in [0, 0.05) is 13.0 Å². The van der Waals surface area contributed by atoms with Crippen LogP contribution in [0.2, 0.25) is 0 Å². The number of methoxy groups -OCH3 is 1. The lowest BCUT2D eigenvalue weighted by Crippen LogP contribution is -2.22. The number of rotatable bonds is 6. The number of hydrogen-bond donors (Lipinski definition) is 1. The first kappa shape index (κ1) is 12.6. The lowest BCUT2D eigenvalue weighted by Gasteiger charge is -2.04. The fourth-order valence-corrected chi connectivity index (χ4v) is 1.47. The van der Waals surface area contributed by atoms with Crippen LogP contribution in [0, 0.1) is 6.92 Å². The van der Waals surface area contributed by atoms with E-state index in [0.29, 0.717) is 13.0 Å². The van der Waals surface area contributed by atoms with E-state index in [9.17, 15) is 4.79 Å². The quantitative estimate of drug-likeness (QED) is 0.796. The largest absolute Gasteiger partial charge is 0.497 e. The Labute approximate surface area is 96.8 Å². The average molecular weight is 220 g/mol. The maximum atomic E-state index is 11.2. The standard InChI is InChI=1S/C13H18NO2/c1-3-14-13(15)6-4-5-11-7-9-12(16-2)10-8-11/h7-10H,1,3-6H2,2H3,(H,14,15). The Morgan fingerprint density at radius 1 is 1.38 bits per heavy atom. The lowest BCUT2D eigenvalue weighted by atomic mass is 10.1. The van der Waals surface area contributed by atoms with Crippen LogP contribution in [0.1, 0.15) is 18.4 Å². The highest BCUT2D eigenvalue weighted by Crippen LogP contribution is 2.12. The molecule has 0 aliphatic rings. The highest BCUT2D eigenvalue weighted by Gasteiger charge is 2.00. The first-order valence-electron chi connectivity index (χ1n) is 5.45. The molecular formula is C13H18NO2. The van der Waals surface area contributed by atoms with Gasteiger partial charge in [-0.2, -0.15) is 0 Å². The minimum Gasteiger partial charge on any atom is -0.497 e. The van der Waals surface area contributed by atoms with Crippen molar-refractivity contribution in [2.75, 3.05) is 13.7 Å². The average Bonchev–Trinajstić information content (AvgIpc) is 2.30. The van der Waals surface area contributed by atoms with Crippen LogP contribution >= 0.6 is 0 Å². The number of aryl methyl sites for hydroxylation is 1. The molecule has 1 radical (unpaired) electrons. The Hall–Kier alpha value is -1.51. The number of ether oxygens (including phenoxy) is 1. The fraction of sp³-hybridized carbons (Fsp3) is 0.385. The smallest absolute Gasteiger partial charge is 0.220 e. The van der Waals surface area contributed by atoms with Gasteiger partial charge < -0.3 is 10.1 Å². The molecular weight excluding hydrogens is 202 g/mol. The number of benzene rings is 1. The number of carbonyl (C=O) groups is 1. The predicted molar refractivity (Wildman–Crippen MR) is 64.3 cm³/mol. The number of nitrogens with one attached hydrogen (secondary N) is 1. The zero-order chi connectivity index (χ0) is 11.8. The molecule has 1 aromatic carbocycles. The molecule has 0 aromatic heterocycles. The molecule has 0 bridgehead atoms. The van der Waals surface area contributed by atoms with E-state index in [1.165, 1.54) is 5.56 Å². The molecule has 1 aromatic rings. The molecule has 0 aliphatic heterocycles. The summed E-state index contributed by atoms with van der Waals surface area (Å²) in [4.78, 5) is 11.2. The van der Waals surface area contributed by atoms with Crippen LogP contribution in [0.3, 0.4) is 0 Å². The molecule has 0 aliphatic carbocycles. The van der Waals surface area contributed by atoms with Gasteiger partial charge in [0.1, 0.15) is 5.75 Å². The first-order valence-corrected chi connectivity index (χ1v) is 5.45. The maximum absolute atomic E-state index is 11.2. The van der Waals surface area contributed by atoms with Crippen molar-refractivity contribution >= 4 is 5.91 Å². The third-order valence-corrected chi connectivity index (χ3v) is 2.35. The highest BCUT2D eigenvalue weighted by molar-refractivity contribution is 5.75. The zero-order valence-electron chi connectivity index (χ0n) is 9.66. The van der Waals surface area contributed by atoms with Crippen molar-refractivity contribution < 1.29 is 9.53 Å². The number of hydrogen-bond acceptors (Lipinski definition) is 2. The highest BCUT2D eigenvalue weighted by atomic mass is 16.5. The Kier molecular flexibility index (Phi) is 5.40. The summed E-state index contributed by atoms with van der Waals surface area (Å²) in [7, 11) is 1.65. The molecule has 16 heavy (non-hydrogen) atoms. The Balaban J connectivity index is 2.29. The molecule has 0 spiro atoms. The van der Waals surface area contributed by atoms with Gasteiger partial charge in [-0.05, 0) is 37.5 Å². The van der Waals surface area contributed by atoms with Gasteiger partial charge in [0.2, 0.25) is 5.91 Å². The second-order valence-electron chi connectivity index (χ2n) is 3.55. The Bertz CT molecular complexity index is 319. The van der Waals surface area contributed by atoms with Crippen LogP contribution in [0.5, 0.6) is 5.75 Å². The van der Waals surface area contributed by atoms with Gasteiger partial charge in [-0.15, -0.1) is 0 Å². The summed E-state index contributed by atoms with van der Waals surface area (Å²) in [6.07, 6.45) is 2.33. The summed E-state index contributed by atoms with van der Waals surface area (Å²) in [5.41, 5.74) is 1.23. The number of amides is 1. The van der Waals surface area contributed by atoms with Gasteiger partial charge in [0.05, 0.1) is 7.11 Å². The lowest BCUT2D eigenvalue weighted by molar-refractivity contribution is -0.120. The van der Waals surface area contributed by atoms with Crippen molar-refractivity contribution in [2.45, 2.75) is 19.3 Å². The molecule has 3 heteroatoms. The second-order valence-corrected chi connectivity index (χ2v) is 3.55. The molecule has 1 rings (SSSR count). The SMILES string of the molecule is [CH2]CNC(=O)CCCc1ccc(OC)cc1. The van der Waals surface area contributed by atoms with Crippen molar-refractivity contribution in [3.8, 4) is 5.75 Å². The van der Waals surface area contributed by atoms with E-state index in [2.05, 4.69) is 12.2 Å². The monoisotopic (exact) mass is 220 g/mol. The summed E-state index contributed by atoms with van der Waals surface area (Å²) < 4.78 is 5.07. The molecule has 0 unspecified atom stereocenters. The summed E-state index contributed by atoms with van der Waals surface area (Å²) in [6.45, 7) is 4.02. The zero-order valence-corrected chi connectivity index (χ0v) is 9.66. The molecule has 87 valence electrons. The molecule has 0 saturated heterocycles. The van der Waals surface area contributed by atoms with E-state index in [4.69, 9.17) is 4.74 Å². The van der Waals surface area contributed by atoms with Crippen LogP contribution in [0.15, 0.2) is 24.3 Å². The van der Waals surface area contributed by atoms with Crippen LogP contribution in [-0.2, 0) is 11.2 Å². The molecule has 0 fully saturated rings. The molecule has 0 heterocycles. The molecule has 3 nitrogen and oxygen atoms in total. The summed E-state index contributed by atoms with van der Waals surface area (Å²) in [5, 5.41) is 2.68. The topological polar surface area (TPSA) is 38.3 Å². The van der Waals surface area contributed by atoms with E-state index in [1.807, 2.05) is 24.3 Å². The summed E-state index contributed by atoms with van der Waals surface area (Å²) in [5.74, 6) is 0.932. The summed E-state index contributed by atoms with van der Waals surface area (Å²) in [6, 6.07) is 7.92. The van der Waals surface area contributed by atoms with E-state index >= 15 is 0 Å². The van der Waals surface area contributed by atoms with E-state index in [1.54, 1.807) is 7.11 Å². The minimum atomic E-state index is 0.0727. The molecule has 0 atom stereocenters. The number of carbonyl (C=O) groups excluding carboxylic acids is 1. The van der Waals surface area contributed by atoms with Crippen LogP contribution in [-0.4, -0.2) is 19.6 Å². The fourth-order valence-electron chi connectivity index (χ4n) is 1.47. The van der Waals surface area contributed by atoms with Gasteiger partial charge in [0.25, 0.3) is 0 Å². The van der Waals surface area contributed by atoms with Gasteiger partial charge in [-0.25, -0.2) is 0 Å². The van der Waals surface area contributed by atoms with E-state index < -0.39 is 0 Å². The van der Waals surface area contributed by atoms with E-state index in [0.717, 1.165) is 18.6 Å². The minimum absolute atomic E-state index is 0.0727. The van der Waals surface area contributed by atoms with Crippen molar-refractivity contribution in [3.05, 3.63) is 36.8 Å². The summed E-state index contributed by atoms with van der Waals surface area (Å²) >= 11 is 0. The Morgan fingerprint density at radius 3 is 2.62 bits per heavy atom. The third-order valence-electron chi connectivity index (χ3n) is 2.35. The molecule has 0 saturated carbocycles. The molecule has 1 amide bonds. The predicted octanol–water partition coefficient (Wildman–Crippen LogP) is 1.97. The van der Waals surface area contributed by atoms with Crippen molar-refractivity contribution in [2.24, 2.45) is 0 Å². The van der Waals surface area contributed by atoms with Crippen molar-refractivity contribution in [3.63, 3.8) is 0 Å². The van der Waals surface area contributed by atoms with Crippen LogP contribution in [0.4, 0.5) is 0 Å². The first-order chi connectivity index (χ1) is 7.76. The van der Waals surface area contributed by atoms with Crippen molar-refractivity contribution in [1.29, 1.82) is 0 Å². The second kappa shape index (κ2) is 6.88. The van der Waals surface area contributed by atoms with E-state index in [-0.39, 0.29) is 5.91 Å². The third kappa shape index (κ3) is 4.34. The normalized spacial score (nSPS) is 9.88. The van der Waals surface area contributed by atoms with Gasteiger partial charge in [-0.1, -0.05) is 12.1 Å². The van der Waals surface area contributed by atoms with Gasteiger partial charge in [-0.3, -0.25) is 4.79 Å². The molecule has 1 N–H and O–H groups in total. The maximum Gasteiger partial charge on any atom is 0.220 e. The van der Waals surface area contributed by atoms with Gasteiger partial charge >= 0.3 is 0 Å².